The van der Waals surface area contributed by atoms with Gasteiger partial charge < -0.3 is 4.74 Å². The van der Waals surface area contributed by atoms with E-state index in [-0.39, 0.29) is 0 Å². The van der Waals surface area contributed by atoms with E-state index in [2.05, 4.69) is 13.8 Å². The molecule has 2 bridgehead atoms. The van der Waals surface area contributed by atoms with E-state index in [9.17, 15) is 0 Å². The predicted molar refractivity (Wildman–Crippen MR) is 64.0 cm³/mol. The van der Waals surface area contributed by atoms with Gasteiger partial charge in [-0.15, -0.1) is 0 Å². The van der Waals surface area contributed by atoms with Crippen molar-refractivity contribution in [3.05, 3.63) is 0 Å². The standard InChI is InChI=1S/C15H24O/c1-8-9(2)12-5-11(8)6-13(12)10-3-4-14-15(7-10)16-14/h8-15H,3-7H2,1-2H3. The van der Waals surface area contributed by atoms with Gasteiger partial charge in [-0.1, -0.05) is 13.8 Å². The maximum Gasteiger partial charge on any atom is 0.0844 e. The molecule has 0 aromatic carbocycles. The molecule has 4 fully saturated rings. The predicted octanol–water partition coefficient (Wildman–Crippen LogP) is 3.48. The fourth-order valence-corrected chi connectivity index (χ4v) is 5.36. The van der Waals surface area contributed by atoms with Gasteiger partial charge in [0.2, 0.25) is 0 Å². The van der Waals surface area contributed by atoms with Gasteiger partial charge in [-0.3, -0.25) is 0 Å². The van der Waals surface area contributed by atoms with Crippen LogP contribution in [0.1, 0.15) is 46.0 Å². The molecule has 0 N–H and O–H groups in total. The van der Waals surface area contributed by atoms with Gasteiger partial charge in [0.1, 0.15) is 0 Å². The summed E-state index contributed by atoms with van der Waals surface area (Å²) in [6, 6.07) is 0. The fourth-order valence-electron chi connectivity index (χ4n) is 5.36. The van der Waals surface area contributed by atoms with Crippen LogP contribution in [-0.2, 0) is 4.74 Å². The molecule has 1 saturated heterocycles. The molecule has 16 heavy (non-hydrogen) atoms. The van der Waals surface area contributed by atoms with Crippen molar-refractivity contribution in [1.82, 2.24) is 0 Å². The number of rotatable bonds is 1. The van der Waals surface area contributed by atoms with E-state index in [4.69, 9.17) is 4.74 Å². The lowest BCUT2D eigenvalue weighted by molar-refractivity contribution is 0.119. The Hall–Kier alpha value is -0.0400. The molecule has 0 radical (unpaired) electrons. The number of hydrogen-bond donors (Lipinski definition) is 0. The Morgan fingerprint density at radius 2 is 1.56 bits per heavy atom. The van der Waals surface area contributed by atoms with Crippen molar-refractivity contribution in [2.24, 2.45) is 35.5 Å². The zero-order valence-corrected chi connectivity index (χ0v) is 10.6. The highest BCUT2D eigenvalue weighted by Gasteiger charge is 2.53. The largest absolute Gasteiger partial charge is 0.370 e. The summed E-state index contributed by atoms with van der Waals surface area (Å²) in [7, 11) is 0. The van der Waals surface area contributed by atoms with E-state index >= 15 is 0 Å². The van der Waals surface area contributed by atoms with Crippen molar-refractivity contribution in [2.75, 3.05) is 0 Å². The van der Waals surface area contributed by atoms with E-state index in [0.717, 1.165) is 35.5 Å². The minimum atomic E-state index is 0.686. The highest BCUT2D eigenvalue weighted by Crippen LogP contribution is 2.59. The fraction of sp³-hybridized carbons (Fsp3) is 1.00. The zero-order valence-electron chi connectivity index (χ0n) is 10.6. The molecule has 1 heterocycles. The van der Waals surface area contributed by atoms with Gasteiger partial charge in [0, 0.05) is 0 Å². The Morgan fingerprint density at radius 1 is 0.750 bits per heavy atom. The van der Waals surface area contributed by atoms with E-state index in [1.807, 2.05) is 0 Å². The summed E-state index contributed by atoms with van der Waals surface area (Å²) in [6.45, 7) is 5.01. The summed E-state index contributed by atoms with van der Waals surface area (Å²) < 4.78 is 5.70. The molecule has 8 atom stereocenters. The van der Waals surface area contributed by atoms with Crippen LogP contribution in [0.5, 0.6) is 0 Å². The average Bonchev–Trinajstić information content (AvgIpc) is 2.86. The van der Waals surface area contributed by atoms with Crippen LogP contribution in [0.25, 0.3) is 0 Å². The molecule has 0 spiro atoms. The second kappa shape index (κ2) is 3.25. The normalized spacial score (nSPS) is 63.4. The van der Waals surface area contributed by atoms with Gasteiger partial charge in [0.25, 0.3) is 0 Å². The van der Waals surface area contributed by atoms with E-state index < -0.39 is 0 Å². The molecular weight excluding hydrogens is 196 g/mol. The van der Waals surface area contributed by atoms with Gasteiger partial charge in [-0.05, 0) is 67.6 Å². The highest BCUT2D eigenvalue weighted by atomic mass is 16.6. The Kier molecular flexibility index (Phi) is 2.02. The SMILES string of the molecule is CC1C2CC(C3CCC4OC4C3)C(C2)C1C. The first-order valence-electron chi connectivity index (χ1n) is 7.39. The summed E-state index contributed by atoms with van der Waals surface area (Å²) in [5.74, 6) is 6.24. The molecule has 0 amide bonds. The number of hydrogen-bond acceptors (Lipinski definition) is 1. The van der Waals surface area contributed by atoms with Crippen LogP contribution in [-0.4, -0.2) is 12.2 Å². The van der Waals surface area contributed by atoms with Crippen molar-refractivity contribution in [3.63, 3.8) is 0 Å². The third kappa shape index (κ3) is 1.27. The topological polar surface area (TPSA) is 12.5 Å². The summed E-state index contributed by atoms with van der Waals surface area (Å²) in [5, 5.41) is 0. The average molecular weight is 220 g/mol. The molecule has 1 aliphatic heterocycles. The summed E-state index contributed by atoms with van der Waals surface area (Å²) in [5.41, 5.74) is 0. The lowest BCUT2D eigenvalue weighted by Crippen LogP contribution is -2.31. The van der Waals surface area contributed by atoms with Gasteiger partial charge in [-0.2, -0.15) is 0 Å². The first-order chi connectivity index (χ1) is 7.74. The van der Waals surface area contributed by atoms with Crippen molar-refractivity contribution in [2.45, 2.75) is 58.2 Å². The molecule has 3 aliphatic carbocycles. The van der Waals surface area contributed by atoms with E-state index in [0.29, 0.717) is 12.2 Å². The van der Waals surface area contributed by atoms with Crippen molar-refractivity contribution in [3.8, 4) is 0 Å². The molecule has 90 valence electrons. The van der Waals surface area contributed by atoms with Crippen molar-refractivity contribution >= 4 is 0 Å². The van der Waals surface area contributed by atoms with Crippen LogP contribution in [0.15, 0.2) is 0 Å². The smallest absolute Gasteiger partial charge is 0.0844 e. The molecule has 4 aliphatic rings. The number of ether oxygens (including phenoxy) is 1. The first kappa shape index (κ1) is 9.94. The van der Waals surface area contributed by atoms with Crippen molar-refractivity contribution in [1.29, 1.82) is 0 Å². The van der Waals surface area contributed by atoms with Gasteiger partial charge in [-0.25, -0.2) is 0 Å². The van der Waals surface area contributed by atoms with Gasteiger partial charge >= 0.3 is 0 Å². The lowest BCUT2D eigenvalue weighted by atomic mass is 9.67. The molecule has 0 aromatic rings. The van der Waals surface area contributed by atoms with Crippen LogP contribution < -0.4 is 0 Å². The minimum Gasteiger partial charge on any atom is -0.370 e. The zero-order chi connectivity index (χ0) is 10.9. The van der Waals surface area contributed by atoms with Gasteiger partial charge in [0.15, 0.2) is 0 Å². The van der Waals surface area contributed by atoms with E-state index in [1.54, 1.807) is 12.8 Å². The molecule has 0 aromatic heterocycles. The summed E-state index contributed by atoms with van der Waals surface area (Å²) in [6.07, 6.45) is 8.72. The molecule has 1 nitrogen and oxygen atoms in total. The van der Waals surface area contributed by atoms with Crippen molar-refractivity contribution < 1.29 is 4.74 Å². The molecule has 1 heteroatoms. The minimum absolute atomic E-state index is 0.686. The Balaban J connectivity index is 1.49. The second-order valence-electron chi connectivity index (χ2n) is 7.06. The molecule has 4 rings (SSSR count). The van der Waals surface area contributed by atoms with Crippen LogP contribution in [0.4, 0.5) is 0 Å². The second-order valence-corrected chi connectivity index (χ2v) is 7.06. The van der Waals surface area contributed by atoms with Gasteiger partial charge in [0.05, 0.1) is 12.2 Å². The maximum atomic E-state index is 5.70. The first-order valence-corrected chi connectivity index (χ1v) is 7.39. The highest BCUT2D eigenvalue weighted by molar-refractivity contribution is 5.02. The lowest BCUT2D eigenvalue weighted by Gasteiger charge is -2.37. The Labute approximate surface area is 98.9 Å². The quantitative estimate of drug-likeness (QED) is 0.616. The third-order valence-corrected chi connectivity index (χ3v) is 6.60. The van der Waals surface area contributed by atoms with Crippen LogP contribution in [0.3, 0.4) is 0 Å². The van der Waals surface area contributed by atoms with Crippen LogP contribution in [0.2, 0.25) is 0 Å². The number of fused-ring (bicyclic) bond motifs is 3. The number of epoxide rings is 1. The van der Waals surface area contributed by atoms with Crippen LogP contribution >= 0.6 is 0 Å². The Morgan fingerprint density at radius 3 is 2.25 bits per heavy atom. The third-order valence-electron chi connectivity index (χ3n) is 6.60. The summed E-state index contributed by atoms with van der Waals surface area (Å²) >= 11 is 0. The Bertz CT molecular complexity index is 298. The monoisotopic (exact) mass is 220 g/mol. The molecule has 3 saturated carbocycles. The van der Waals surface area contributed by atoms with E-state index in [1.165, 1.54) is 19.3 Å². The molecular formula is C15H24O. The summed E-state index contributed by atoms with van der Waals surface area (Å²) in [4.78, 5) is 0. The molecule has 8 unspecified atom stereocenters. The van der Waals surface area contributed by atoms with Crippen LogP contribution in [0, 0.1) is 35.5 Å². The maximum absolute atomic E-state index is 5.70.